The van der Waals surface area contributed by atoms with Gasteiger partial charge in [0, 0.05) is 0 Å². The van der Waals surface area contributed by atoms with Crippen LogP contribution < -0.4 is 17.0 Å². The number of anilines is 1. The van der Waals surface area contributed by atoms with Crippen molar-refractivity contribution >= 4 is 5.95 Å². The van der Waals surface area contributed by atoms with E-state index in [1.165, 1.54) is 17.3 Å². The number of hydrazine groups is 1. The molecule has 0 amide bonds. The maximum absolute atomic E-state index is 11.0. The Morgan fingerprint density at radius 2 is 2.36 bits per heavy atom. The zero-order valence-electron chi connectivity index (χ0n) is 6.88. The molecule has 0 radical (unpaired) electrons. The predicted octanol–water partition coefficient (Wildman–Crippen LogP) is -1.97. The number of nitrogens with zero attached hydrogens (tertiary/aromatic N) is 5. The molecule has 0 saturated carbocycles. The molecule has 14 heavy (non-hydrogen) atoms. The van der Waals surface area contributed by atoms with Gasteiger partial charge in [-0.1, -0.05) is 0 Å². The van der Waals surface area contributed by atoms with Crippen LogP contribution in [0.3, 0.4) is 0 Å². The topological polar surface area (TPSA) is 127 Å². The normalized spacial score (nSPS) is 10.1. The second-order valence-electron chi connectivity index (χ2n) is 2.29. The summed E-state index contributed by atoms with van der Waals surface area (Å²) < 4.78 is 1.25. The van der Waals surface area contributed by atoms with Crippen LogP contribution in [0.2, 0.25) is 0 Å². The molecule has 0 saturated heterocycles. The van der Waals surface area contributed by atoms with Crippen molar-refractivity contribution in [1.82, 2.24) is 29.7 Å². The lowest BCUT2D eigenvalue weighted by Gasteiger charge is -2.00. The Bertz CT molecular complexity index is 473. The molecule has 0 bridgehead atoms. The summed E-state index contributed by atoms with van der Waals surface area (Å²) in [5.74, 6) is 5.29. The summed E-state index contributed by atoms with van der Waals surface area (Å²) in [7, 11) is 0. The molecule has 0 aromatic carbocycles. The Balaban J connectivity index is 2.54. The van der Waals surface area contributed by atoms with Crippen molar-refractivity contribution in [3.63, 3.8) is 0 Å². The molecule has 0 atom stereocenters. The molecule has 72 valence electrons. The average molecular weight is 194 g/mol. The highest BCUT2D eigenvalue weighted by Crippen LogP contribution is 1.95. The molecular formula is C5H6N8O. The van der Waals surface area contributed by atoms with Gasteiger partial charge in [0.1, 0.15) is 12.7 Å². The summed E-state index contributed by atoms with van der Waals surface area (Å²) in [6.45, 7) is 0. The van der Waals surface area contributed by atoms with E-state index < -0.39 is 5.69 Å². The zero-order valence-corrected chi connectivity index (χ0v) is 6.88. The van der Waals surface area contributed by atoms with E-state index in [2.05, 4.69) is 30.5 Å². The number of nitrogen functional groups attached to an aromatic ring is 1. The third-order valence-corrected chi connectivity index (χ3v) is 1.40. The zero-order chi connectivity index (χ0) is 9.97. The first-order valence-electron chi connectivity index (χ1n) is 3.59. The van der Waals surface area contributed by atoms with Gasteiger partial charge < -0.3 is 0 Å². The molecule has 0 aliphatic rings. The molecule has 2 rings (SSSR count). The molecule has 0 fully saturated rings. The van der Waals surface area contributed by atoms with Crippen LogP contribution in [0, 0.1) is 0 Å². The van der Waals surface area contributed by atoms with Crippen LogP contribution in [0.5, 0.6) is 0 Å². The lowest BCUT2D eigenvalue weighted by atomic mass is 10.8. The van der Waals surface area contributed by atoms with E-state index in [0.29, 0.717) is 0 Å². The molecule has 0 unspecified atom stereocenters. The first kappa shape index (κ1) is 8.31. The number of H-pyrrole nitrogens is 1. The van der Waals surface area contributed by atoms with Crippen molar-refractivity contribution in [2.75, 3.05) is 5.43 Å². The van der Waals surface area contributed by atoms with Crippen molar-refractivity contribution in [2.24, 2.45) is 5.84 Å². The lowest BCUT2D eigenvalue weighted by Crippen LogP contribution is -2.21. The Labute approximate surface area is 77.0 Å². The highest BCUT2D eigenvalue weighted by atomic mass is 16.1. The van der Waals surface area contributed by atoms with Gasteiger partial charge in [-0.15, -0.1) is 0 Å². The Morgan fingerprint density at radius 1 is 1.50 bits per heavy atom. The van der Waals surface area contributed by atoms with Crippen LogP contribution in [0.1, 0.15) is 0 Å². The number of rotatable bonds is 2. The second kappa shape index (κ2) is 3.22. The average Bonchev–Trinajstić information content (AvgIpc) is 2.69. The van der Waals surface area contributed by atoms with Crippen LogP contribution in [0.15, 0.2) is 17.4 Å². The van der Waals surface area contributed by atoms with E-state index >= 15 is 0 Å². The van der Waals surface area contributed by atoms with E-state index in [0.717, 1.165) is 0 Å². The van der Waals surface area contributed by atoms with Gasteiger partial charge in [0.25, 0.3) is 5.95 Å². The summed E-state index contributed by atoms with van der Waals surface area (Å²) >= 11 is 0. The maximum atomic E-state index is 11.0. The number of hydrogen-bond donors (Lipinski definition) is 3. The van der Waals surface area contributed by atoms with Crippen molar-refractivity contribution in [3.05, 3.63) is 23.1 Å². The van der Waals surface area contributed by atoms with Gasteiger partial charge in [-0.25, -0.2) is 15.6 Å². The van der Waals surface area contributed by atoms with Gasteiger partial charge in [-0.3, -0.25) is 10.4 Å². The van der Waals surface area contributed by atoms with Gasteiger partial charge >= 0.3 is 5.69 Å². The van der Waals surface area contributed by atoms with Crippen LogP contribution in [-0.4, -0.2) is 29.7 Å². The van der Waals surface area contributed by atoms with Crippen molar-refractivity contribution in [1.29, 1.82) is 0 Å². The highest BCUT2D eigenvalue weighted by Gasteiger charge is 2.03. The van der Waals surface area contributed by atoms with Gasteiger partial charge in [-0.05, 0) is 0 Å². The molecule has 2 heterocycles. The molecule has 4 N–H and O–H groups in total. The van der Waals surface area contributed by atoms with Crippen LogP contribution in [0.4, 0.5) is 5.95 Å². The van der Waals surface area contributed by atoms with Gasteiger partial charge in [0.15, 0.2) is 0 Å². The summed E-state index contributed by atoms with van der Waals surface area (Å²) in [5.41, 5.74) is 1.63. The summed E-state index contributed by atoms with van der Waals surface area (Å²) in [6, 6.07) is 0. The number of hydrogen-bond acceptors (Lipinski definition) is 7. The minimum atomic E-state index is -0.571. The van der Waals surface area contributed by atoms with Gasteiger partial charge in [0.2, 0.25) is 5.95 Å². The molecule has 0 spiro atoms. The third kappa shape index (κ3) is 1.43. The number of nitrogens with one attached hydrogen (secondary N) is 2. The van der Waals surface area contributed by atoms with E-state index in [1.54, 1.807) is 0 Å². The molecule has 2 aromatic heterocycles. The largest absolute Gasteiger partial charge is 0.351 e. The summed E-state index contributed by atoms with van der Waals surface area (Å²) in [6.07, 6.45) is 2.68. The van der Waals surface area contributed by atoms with Crippen molar-refractivity contribution < 1.29 is 0 Å². The number of aromatic amines is 1. The SMILES string of the molecule is NNc1nc(-n2cncn2)nc(=O)[nH]1. The van der Waals surface area contributed by atoms with E-state index in [9.17, 15) is 4.79 Å². The fourth-order valence-corrected chi connectivity index (χ4v) is 0.855. The van der Waals surface area contributed by atoms with E-state index in [1.807, 2.05) is 0 Å². The number of aromatic nitrogens is 6. The fourth-order valence-electron chi connectivity index (χ4n) is 0.855. The minimum absolute atomic E-state index is 0.0965. The first-order chi connectivity index (χ1) is 6.79. The quantitative estimate of drug-likeness (QED) is 0.373. The molecule has 9 nitrogen and oxygen atoms in total. The molecular weight excluding hydrogens is 188 g/mol. The molecule has 0 aliphatic carbocycles. The lowest BCUT2D eigenvalue weighted by molar-refractivity contribution is 0.782. The minimum Gasteiger partial charge on any atom is -0.294 e. The molecule has 9 heteroatoms. The smallest absolute Gasteiger partial charge is 0.294 e. The Morgan fingerprint density at radius 3 is 3.00 bits per heavy atom. The number of nitrogens with two attached hydrogens (primary N) is 1. The summed E-state index contributed by atoms with van der Waals surface area (Å²) in [5, 5.41) is 3.76. The first-order valence-corrected chi connectivity index (χ1v) is 3.59. The van der Waals surface area contributed by atoms with Crippen LogP contribution in [-0.2, 0) is 0 Å². The van der Waals surface area contributed by atoms with Gasteiger partial charge in [0.05, 0.1) is 0 Å². The third-order valence-electron chi connectivity index (χ3n) is 1.40. The van der Waals surface area contributed by atoms with Crippen molar-refractivity contribution in [3.8, 4) is 5.95 Å². The Hall–Kier alpha value is -2.29. The fraction of sp³-hybridized carbons (Fsp3) is 0. The predicted molar refractivity (Wildman–Crippen MR) is 45.4 cm³/mol. The monoisotopic (exact) mass is 194 g/mol. The molecule has 0 aliphatic heterocycles. The maximum Gasteiger partial charge on any atom is 0.351 e. The highest BCUT2D eigenvalue weighted by molar-refractivity contribution is 5.23. The van der Waals surface area contributed by atoms with E-state index in [4.69, 9.17) is 5.84 Å². The van der Waals surface area contributed by atoms with Crippen molar-refractivity contribution in [2.45, 2.75) is 0 Å². The van der Waals surface area contributed by atoms with E-state index in [-0.39, 0.29) is 11.9 Å². The van der Waals surface area contributed by atoms with Crippen LogP contribution >= 0.6 is 0 Å². The van der Waals surface area contributed by atoms with Crippen LogP contribution in [0.25, 0.3) is 5.95 Å². The Kier molecular flexibility index (Phi) is 1.91. The van der Waals surface area contributed by atoms with Gasteiger partial charge in [-0.2, -0.15) is 19.7 Å². The standard InChI is InChI=1S/C5H6N8O/c6-12-3-9-4(11-5(14)10-3)13-2-7-1-8-13/h1-2H,6H2,(H2,9,10,11,12,14). The second-order valence-corrected chi connectivity index (χ2v) is 2.29. The molecule has 2 aromatic rings. The summed E-state index contributed by atoms with van der Waals surface area (Å²) in [4.78, 5) is 24.4.